The fraction of sp³-hybridized carbons (Fsp3) is 0.438. The maximum Gasteiger partial charge on any atom is 0.341 e. The van der Waals surface area contributed by atoms with Gasteiger partial charge in [0.25, 0.3) is 0 Å². The van der Waals surface area contributed by atoms with Gasteiger partial charge >= 0.3 is 5.97 Å². The number of aromatic hydroxyl groups is 1. The lowest BCUT2D eigenvalue weighted by atomic mass is 10.1. The van der Waals surface area contributed by atoms with E-state index < -0.39 is 12.0 Å². The first-order valence-corrected chi connectivity index (χ1v) is 7.61. The molecule has 0 saturated carbocycles. The van der Waals surface area contributed by atoms with Gasteiger partial charge in [0.1, 0.15) is 17.4 Å². The third kappa shape index (κ3) is 4.45. The molecular formula is C16H20N2O5. The standard InChI is InChI=1S/C16H20N2O5/c1-2-23-16(22)11-9-10(7-8-13(11)19)17-15(21)12-5-3-4-6-14(20)18-12/h7-9,12,19H,2-6H2,1H3,(H,17,21)(H,18,20). The molecule has 1 unspecified atom stereocenters. The zero-order valence-corrected chi connectivity index (χ0v) is 12.9. The van der Waals surface area contributed by atoms with Crippen molar-refractivity contribution >= 4 is 23.5 Å². The van der Waals surface area contributed by atoms with Crippen molar-refractivity contribution in [3.05, 3.63) is 23.8 Å². The summed E-state index contributed by atoms with van der Waals surface area (Å²) in [5.74, 6) is -1.37. The van der Waals surface area contributed by atoms with Crippen molar-refractivity contribution in [3.8, 4) is 5.75 Å². The Bertz CT molecular complexity index is 614. The van der Waals surface area contributed by atoms with Gasteiger partial charge in [0.2, 0.25) is 11.8 Å². The molecule has 2 amide bonds. The van der Waals surface area contributed by atoms with Gasteiger partial charge in [0, 0.05) is 12.1 Å². The van der Waals surface area contributed by atoms with E-state index in [1.165, 1.54) is 18.2 Å². The van der Waals surface area contributed by atoms with Gasteiger partial charge in [-0.05, 0) is 38.0 Å². The Balaban J connectivity index is 2.10. The van der Waals surface area contributed by atoms with Crippen molar-refractivity contribution < 1.29 is 24.2 Å². The van der Waals surface area contributed by atoms with Crippen LogP contribution in [0, 0.1) is 0 Å². The second kappa shape index (κ2) is 7.62. The molecule has 2 rings (SSSR count). The Morgan fingerprint density at radius 3 is 2.91 bits per heavy atom. The number of phenols is 1. The molecule has 0 radical (unpaired) electrons. The third-order valence-electron chi connectivity index (χ3n) is 3.56. The number of hydrogen-bond acceptors (Lipinski definition) is 5. The summed E-state index contributed by atoms with van der Waals surface area (Å²) in [4.78, 5) is 35.5. The molecule has 1 atom stereocenters. The van der Waals surface area contributed by atoms with Crippen LogP contribution in [0.1, 0.15) is 43.0 Å². The van der Waals surface area contributed by atoms with Gasteiger partial charge in [-0.3, -0.25) is 9.59 Å². The number of rotatable bonds is 4. The third-order valence-corrected chi connectivity index (χ3v) is 3.56. The minimum Gasteiger partial charge on any atom is -0.507 e. The molecule has 1 aromatic rings. The molecule has 1 saturated heterocycles. The van der Waals surface area contributed by atoms with Crippen molar-refractivity contribution in [1.82, 2.24) is 5.32 Å². The molecule has 124 valence electrons. The number of phenolic OH excluding ortho intramolecular Hbond substituents is 1. The number of anilines is 1. The molecule has 0 spiro atoms. The fourth-order valence-electron chi connectivity index (χ4n) is 2.38. The normalized spacial score (nSPS) is 17.8. The lowest BCUT2D eigenvalue weighted by Crippen LogP contribution is -2.42. The van der Waals surface area contributed by atoms with Gasteiger partial charge < -0.3 is 20.5 Å². The Kier molecular flexibility index (Phi) is 5.56. The van der Waals surface area contributed by atoms with E-state index >= 15 is 0 Å². The van der Waals surface area contributed by atoms with Crippen LogP contribution in [0.4, 0.5) is 5.69 Å². The lowest BCUT2D eigenvalue weighted by Gasteiger charge is -2.16. The minimum absolute atomic E-state index is 0.0189. The molecule has 0 aliphatic carbocycles. The maximum atomic E-state index is 12.3. The second-order valence-electron chi connectivity index (χ2n) is 5.31. The highest BCUT2D eigenvalue weighted by Crippen LogP contribution is 2.23. The molecular weight excluding hydrogens is 300 g/mol. The first kappa shape index (κ1) is 16.8. The van der Waals surface area contributed by atoms with E-state index in [2.05, 4.69) is 10.6 Å². The molecule has 7 heteroatoms. The first-order valence-electron chi connectivity index (χ1n) is 7.61. The number of amides is 2. The molecule has 1 heterocycles. The summed E-state index contributed by atoms with van der Waals surface area (Å²) in [6, 6.07) is 3.55. The largest absolute Gasteiger partial charge is 0.507 e. The zero-order chi connectivity index (χ0) is 16.8. The molecule has 1 aliphatic heterocycles. The zero-order valence-electron chi connectivity index (χ0n) is 12.9. The summed E-state index contributed by atoms with van der Waals surface area (Å²) in [5, 5.41) is 15.0. The smallest absolute Gasteiger partial charge is 0.341 e. The molecule has 1 aromatic carbocycles. The van der Waals surface area contributed by atoms with Crippen LogP contribution < -0.4 is 10.6 Å². The van der Waals surface area contributed by atoms with E-state index in [0.717, 1.165) is 12.8 Å². The van der Waals surface area contributed by atoms with Crippen molar-refractivity contribution in [3.63, 3.8) is 0 Å². The summed E-state index contributed by atoms with van der Waals surface area (Å²) in [6.07, 6.45) is 2.55. The van der Waals surface area contributed by atoms with E-state index in [1.807, 2.05) is 0 Å². The predicted molar refractivity (Wildman–Crippen MR) is 83.1 cm³/mol. The van der Waals surface area contributed by atoms with Crippen LogP contribution in [0.25, 0.3) is 0 Å². The Hall–Kier alpha value is -2.57. The fourth-order valence-corrected chi connectivity index (χ4v) is 2.38. The van der Waals surface area contributed by atoms with Gasteiger partial charge in [-0.1, -0.05) is 6.42 Å². The SMILES string of the molecule is CCOC(=O)c1cc(NC(=O)C2CCCCC(=O)N2)ccc1O. The van der Waals surface area contributed by atoms with Crippen LogP contribution in [-0.2, 0) is 14.3 Å². The van der Waals surface area contributed by atoms with Crippen LogP contribution in [0.3, 0.4) is 0 Å². The van der Waals surface area contributed by atoms with E-state index in [-0.39, 0.29) is 29.7 Å². The first-order chi connectivity index (χ1) is 11.0. The second-order valence-corrected chi connectivity index (χ2v) is 5.31. The molecule has 1 aliphatic rings. The number of nitrogens with one attached hydrogen (secondary N) is 2. The topological polar surface area (TPSA) is 105 Å². The van der Waals surface area contributed by atoms with E-state index in [1.54, 1.807) is 6.92 Å². The molecule has 0 aromatic heterocycles. The Morgan fingerprint density at radius 1 is 1.39 bits per heavy atom. The monoisotopic (exact) mass is 320 g/mol. The van der Waals surface area contributed by atoms with Crippen LogP contribution >= 0.6 is 0 Å². The van der Waals surface area contributed by atoms with Crippen LogP contribution in [0.15, 0.2) is 18.2 Å². The summed E-state index contributed by atoms with van der Waals surface area (Å²) in [6.45, 7) is 1.85. The highest BCUT2D eigenvalue weighted by Gasteiger charge is 2.23. The number of carbonyl (C=O) groups excluding carboxylic acids is 3. The van der Waals surface area contributed by atoms with E-state index in [4.69, 9.17) is 4.74 Å². The average molecular weight is 320 g/mol. The summed E-state index contributed by atoms with van der Waals surface area (Å²) in [7, 11) is 0. The Morgan fingerprint density at radius 2 is 2.17 bits per heavy atom. The van der Waals surface area contributed by atoms with Crippen LogP contribution in [0.2, 0.25) is 0 Å². The highest BCUT2D eigenvalue weighted by atomic mass is 16.5. The van der Waals surface area contributed by atoms with Crippen LogP contribution in [0.5, 0.6) is 5.75 Å². The van der Waals surface area contributed by atoms with Gasteiger partial charge in [-0.25, -0.2) is 4.79 Å². The maximum absolute atomic E-state index is 12.3. The summed E-state index contributed by atoms with van der Waals surface area (Å²) >= 11 is 0. The van der Waals surface area contributed by atoms with Gasteiger partial charge in [0.05, 0.1) is 6.61 Å². The summed E-state index contributed by atoms with van der Waals surface area (Å²) in [5.41, 5.74) is 0.337. The number of carbonyl (C=O) groups is 3. The molecule has 23 heavy (non-hydrogen) atoms. The van der Waals surface area contributed by atoms with Crippen molar-refractivity contribution in [1.29, 1.82) is 0 Å². The number of ether oxygens (including phenoxy) is 1. The molecule has 7 nitrogen and oxygen atoms in total. The Labute approximate surface area is 134 Å². The quantitative estimate of drug-likeness (QED) is 0.577. The van der Waals surface area contributed by atoms with Crippen LogP contribution in [-0.4, -0.2) is 35.5 Å². The van der Waals surface area contributed by atoms with Crippen molar-refractivity contribution in [2.24, 2.45) is 0 Å². The van der Waals surface area contributed by atoms with E-state index in [0.29, 0.717) is 18.5 Å². The predicted octanol–water partition coefficient (Wildman–Crippen LogP) is 1.57. The highest BCUT2D eigenvalue weighted by molar-refractivity contribution is 5.99. The lowest BCUT2D eigenvalue weighted by molar-refractivity contribution is -0.125. The number of esters is 1. The summed E-state index contributed by atoms with van der Waals surface area (Å²) < 4.78 is 4.85. The van der Waals surface area contributed by atoms with Gasteiger partial charge in [-0.2, -0.15) is 0 Å². The van der Waals surface area contributed by atoms with Gasteiger partial charge in [-0.15, -0.1) is 0 Å². The van der Waals surface area contributed by atoms with Gasteiger partial charge in [0.15, 0.2) is 0 Å². The average Bonchev–Trinajstić information content (AvgIpc) is 2.74. The van der Waals surface area contributed by atoms with Crippen molar-refractivity contribution in [2.45, 2.75) is 38.6 Å². The van der Waals surface area contributed by atoms with E-state index in [9.17, 15) is 19.5 Å². The number of hydrogen-bond donors (Lipinski definition) is 3. The minimum atomic E-state index is -0.663. The number of benzene rings is 1. The molecule has 1 fully saturated rings. The van der Waals surface area contributed by atoms with Crippen molar-refractivity contribution in [2.75, 3.05) is 11.9 Å². The molecule has 3 N–H and O–H groups in total. The molecule has 0 bridgehead atoms.